The Morgan fingerprint density at radius 3 is 2.32 bits per heavy atom. The van der Waals surface area contributed by atoms with E-state index < -0.39 is 0 Å². The zero-order chi connectivity index (χ0) is 19.8. The van der Waals surface area contributed by atoms with E-state index in [1.807, 2.05) is 42.5 Å². The van der Waals surface area contributed by atoms with Gasteiger partial charge < -0.3 is 13.9 Å². The summed E-state index contributed by atoms with van der Waals surface area (Å²) in [6.07, 6.45) is 4.59. The molecule has 0 amide bonds. The quantitative estimate of drug-likeness (QED) is 0.332. The normalized spacial score (nSPS) is 10.9. The van der Waals surface area contributed by atoms with E-state index in [4.69, 9.17) is 13.9 Å². The van der Waals surface area contributed by atoms with Crippen LogP contribution in [0.4, 0.5) is 0 Å². The fraction of sp³-hybridized carbons (Fsp3) is 0.375. The highest BCUT2D eigenvalue weighted by Crippen LogP contribution is 2.32. The Kier molecular flexibility index (Phi) is 7.12. The first-order valence-corrected chi connectivity index (χ1v) is 10.1. The van der Waals surface area contributed by atoms with E-state index in [-0.39, 0.29) is 5.63 Å². The minimum Gasteiger partial charge on any atom is -0.493 e. The number of rotatable bonds is 10. The Hall–Kier alpha value is -2.75. The van der Waals surface area contributed by atoms with Crippen molar-refractivity contribution in [1.82, 2.24) is 0 Å². The van der Waals surface area contributed by atoms with Gasteiger partial charge in [-0.3, -0.25) is 0 Å². The van der Waals surface area contributed by atoms with Crippen molar-refractivity contribution in [2.24, 2.45) is 0 Å². The van der Waals surface area contributed by atoms with Gasteiger partial charge in [0.25, 0.3) is 0 Å². The summed E-state index contributed by atoms with van der Waals surface area (Å²) in [6, 6.07) is 15.5. The Balaban J connectivity index is 1.97. The van der Waals surface area contributed by atoms with Gasteiger partial charge in [0.15, 0.2) is 0 Å². The minimum absolute atomic E-state index is 0.318. The molecule has 1 heterocycles. The van der Waals surface area contributed by atoms with Crippen molar-refractivity contribution in [3.8, 4) is 11.5 Å². The molecule has 28 heavy (non-hydrogen) atoms. The molecule has 0 N–H and O–H groups in total. The third-order valence-electron chi connectivity index (χ3n) is 4.62. The first-order chi connectivity index (χ1) is 13.7. The number of ether oxygens (including phenoxy) is 2. The highest BCUT2D eigenvalue weighted by molar-refractivity contribution is 5.85. The predicted molar refractivity (Wildman–Crippen MR) is 113 cm³/mol. The number of benzene rings is 2. The monoisotopic (exact) mass is 380 g/mol. The largest absolute Gasteiger partial charge is 0.493 e. The molecule has 0 aliphatic heterocycles. The topological polar surface area (TPSA) is 48.7 Å². The highest BCUT2D eigenvalue weighted by Gasteiger charge is 2.13. The van der Waals surface area contributed by atoms with Gasteiger partial charge in [0, 0.05) is 24.1 Å². The smallest absolute Gasteiger partial charge is 0.339 e. The molecule has 0 bridgehead atoms. The van der Waals surface area contributed by atoms with Gasteiger partial charge in [0.1, 0.15) is 17.1 Å². The van der Waals surface area contributed by atoms with Gasteiger partial charge >= 0.3 is 5.63 Å². The molecule has 0 atom stereocenters. The maximum absolute atomic E-state index is 12.5. The average molecular weight is 380 g/mol. The lowest BCUT2D eigenvalue weighted by Gasteiger charge is -2.13. The molecule has 0 saturated heterocycles. The zero-order valence-corrected chi connectivity index (χ0v) is 16.7. The van der Waals surface area contributed by atoms with Crippen molar-refractivity contribution in [1.29, 1.82) is 0 Å². The highest BCUT2D eigenvalue weighted by atomic mass is 16.5. The summed E-state index contributed by atoms with van der Waals surface area (Å²) < 4.78 is 17.5. The molecule has 2 aromatic carbocycles. The van der Waals surface area contributed by atoms with E-state index in [1.54, 1.807) is 6.07 Å². The van der Waals surface area contributed by atoms with Gasteiger partial charge in [0.05, 0.1) is 18.6 Å². The van der Waals surface area contributed by atoms with Crippen LogP contribution in [0.2, 0.25) is 0 Å². The maximum Gasteiger partial charge on any atom is 0.339 e. The Morgan fingerprint density at radius 1 is 0.893 bits per heavy atom. The van der Waals surface area contributed by atoms with Gasteiger partial charge in [-0.1, -0.05) is 57.0 Å². The Bertz CT molecular complexity index is 944. The van der Waals surface area contributed by atoms with Gasteiger partial charge in [-0.15, -0.1) is 0 Å². The van der Waals surface area contributed by atoms with E-state index in [1.165, 1.54) is 0 Å². The molecule has 0 aliphatic carbocycles. The Labute approximate surface area is 166 Å². The fourth-order valence-corrected chi connectivity index (χ4v) is 3.00. The second-order valence-corrected chi connectivity index (χ2v) is 6.96. The minimum atomic E-state index is -0.318. The summed E-state index contributed by atoms with van der Waals surface area (Å²) in [5.41, 5.74) is 1.88. The second kappa shape index (κ2) is 9.98. The van der Waals surface area contributed by atoms with Crippen LogP contribution in [0.3, 0.4) is 0 Å². The summed E-state index contributed by atoms with van der Waals surface area (Å²) in [7, 11) is 0. The van der Waals surface area contributed by atoms with Gasteiger partial charge in [-0.2, -0.15) is 0 Å². The van der Waals surface area contributed by atoms with E-state index in [0.29, 0.717) is 42.3 Å². The van der Waals surface area contributed by atoms with Crippen LogP contribution in [0.1, 0.15) is 50.7 Å². The molecule has 0 fully saturated rings. The molecular formula is C24H28O4. The van der Waals surface area contributed by atoms with Crippen LogP contribution < -0.4 is 15.1 Å². The van der Waals surface area contributed by atoms with E-state index in [9.17, 15) is 4.79 Å². The average Bonchev–Trinajstić information content (AvgIpc) is 2.70. The first-order valence-electron chi connectivity index (χ1n) is 10.1. The first kappa shape index (κ1) is 20.0. The summed E-state index contributed by atoms with van der Waals surface area (Å²) in [4.78, 5) is 12.5. The van der Waals surface area contributed by atoms with Gasteiger partial charge in [-0.05, 0) is 24.5 Å². The summed E-state index contributed by atoms with van der Waals surface area (Å²) in [6.45, 7) is 5.50. The molecule has 0 aliphatic rings. The molecule has 0 spiro atoms. The number of hydrogen-bond donors (Lipinski definition) is 0. The summed E-state index contributed by atoms with van der Waals surface area (Å²) in [5.74, 6) is 1.38. The lowest BCUT2D eigenvalue weighted by molar-refractivity contribution is 0.296. The zero-order valence-electron chi connectivity index (χ0n) is 16.7. The van der Waals surface area contributed by atoms with E-state index in [0.717, 1.165) is 36.6 Å². The number of hydrogen-bond acceptors (Lipinski definition) is 4. The van der Waals surface area contributed by atoms with Crippen LogP contribution in [0.25, 0.3) is 11.0 Å². The summed E-state index contributed by atoms with van der Waals surface area (Å²) >= 11 is 0. The lowest BCUT2D eigenvalue weighted by Crippen LogP contribution is -2.08. The molecule has 4 nitrogen and oxygen atoms in total. The van der Waals surface area contributed by atoms with Gasteiger partial charge in [-0.25, -0.2) is 4.79 Å². The molecule has 0 radical (unpaired) electrons. The molecule has 3 aromatic rings. The SMILES string of the molecule is CCCCOc1cc(OCCCC)c2cc(Cc3ccccc3)c(=O)oc2c1. The molecule has 148 valence electrons. The third kappa shape index (κ3) is 5.16. The summed E-state index contributed by atoms with van der Waals surface area (Å²) in [5, 5.41) is 0.810. The molecule has 4 heteroatoms. The van der Waals surface area contributed by atoms with Crippen molar-refractivity contribution in [2.75, 3.05) is 13.2 Å². The standard InChI is InChI=1S/C24H28O4/c1-3-5-12-26-20-16-22(27-13-6-4-2)21-15-19(24(25)28-23(21)17-20)14-18-10-8-7-9-11-18/h7-11,15-17H,3-6,12-14H2,1-2H3. The third-order valence-corrected chi connectivity index (χ3v) is 4.62. The number of fused-ring (bicyclic) bond motifs is 1. The Morgan fingerprint density at radius 2 is 1.61 bits per heavy atom. The molecule has 3 rings (SSSR count). The molecule has 0 saturated carbocycles. The van der Waals surface area contributed by atoms with Crippen LogP contribution in [-0.2, 0) is 6.42 Å². The van der Waals surface area contributed by atoms with E-state index in [2.05, 4.69) is 13.8 Å². The van der Waals surface area contributed by atoms with Crippen LogP contribution in [0.15, 0.2) is 57.7 Å². The van der Waals surface area contributed by atoms with Crippen molar-refractivity contribution < 1.29 is 13.9 Å². The van der Waals surface area contributed by atoms with Crippen LogP contribution >= 0.6 is 0 Å². The van der Waals surface area contributed by atoms with Gasteiger partial charge in [0.2, 0.25) is 0 Å². The van der Waals surface area contributed by atoms with Crippen molar-refractivity contribution >= 4 is 11.0 Å². The lowest BCUT2D eigenvalue weighted by atomic mass is 10.0. The fourth-order valence-electron chi connectivity index (χ4n) is 3.00. The molecule has 0 unspecified atom stereocenters. The predicted octanol–water partition coefficient (Wildman–Crippen LogP) is 5.74. The van der Waals surface area contributed by atoms with Crippen molar-refractivity contribution in [2.45, 2.75) is 46.0 Å². The number of unbranched alkanes of at least 4 members (excludes halogenated alkanes) is 2. The second-order valence-electron chi connectivity index (χ2n) is 6.96. The van der Waals surface area contributed by atoms with Crippen LogP contribution in [0.5, 0.6) is 11.5 Å². The van der Waals surface area contributed by atoms with E-state index >= 15 is 0 Å². The van der Waals surface area contributed by atoms with Crippen molar-refractivity contribution in [3.63, 3.8) is 0 Å². The van der Waals surface area contributed by atoms with Crippen LogP contribution in [0, 0.1) is 0 Å². The molecule has 1 aromatic heterocycles. The van der Waals surface area contributed by atoms with Crippen molar-refractivity contribution in [3.05, 3.63) is 70.1 Å². The molecular weight excluding hydrogens is 352 g/mol. The van der Waals surface area contributed by atoms with Crippen LogP contribution in [-0.4, -0.2) is 13.2 Å². The maximum atomic E-state index is 12.5.